The predicted octanol–water partition coefficient (Wildman–Crippen LogP) is 2.67. The SMILES string of the molecule is COC(=O)c1c(NC(=O)Cn2nc(C(F)(F)F)cc2C2CC2)sc(C(N)=O)c1C. The van der Waals surface area contributed by atoms with Crippen LogP contribution >= 0.6 is 11.3 Å². The number of hydrogen-bond donors (Lipinski definition) is 2. The highest BCUT2D eigenvalue weighted by molar-refractivity contribution is 7.18. The Hall–Kier alpha value is -2.89. The van der Waals surface area contributed by atoms with Crippen LogP contribution in [-0.2, 0) is 22.3 Å². The van der Waals surface area contributed by atoms with Crippen molar-refractivity contribution in [2.45, 2.75) is 38.4 Å². The predicted molar refractivity (Wildman–Crippen MR) is 96.7 cm³/mol. The molecule has 0 bridgehead atoms. The lowest BCUT2D eigenvalue weighted by atomic mass is 10.1. The number of carbonyl (C=O) groups excluding carboxylic acids is 3. The Labute approximate surface area is 166 Å². The number of hydrogen-bond acceptors (Lipinski definition) is 6. The molecule has 12 heteroatoms. The first-order valence-corrected chi connectivity index (χ1v) is 9.30. The molecule has 8 nitrogen and oxygen atoms in total. The van der Waals surface area contributed by atoms with Crippen molar-refractivity contribution in [2.24, 2.45) is 5.73 Å². The topological polar surface area (TPSA) is 116 Å². The van der Waals surface area contributed by atoms with Crippen LogP contribution in [0.3, 0.4) is 0 Å². The highest BCUT2D eigenvalue weighted by Gasteiger charge is 2.38. The molecule has 2 amide bonds. The number of rotatable bonds is 6. The minimum Gasteiger partial charge on any atom is -0.465 e. The fourth-order valence-corrected chi connectivity index (χ4v) is 3.95. The third kappa shape index (κ3) is 4.26. The van der Waals surface area contributed by atoms with E-state index >= 15 is 0 Å². The first-order valence-electron chi connectivity index (χ1n) is 8.49. The number of primary amides is 1. The Bertz CT molecular complexity index is 992. The summed E-state index contributed by atoms with van der Waals surface area (Å²) < 4.78 is 44.6. The molecule has 0 aliphatic heterocycles. The number of esters is 1. The smallest absolute Gasteiger partial charge is 0.435 e. The number of thiophene rings is 1. The second-order valence-corrected chi connectivity index (χ2v) is 7.57. The van der Waals surface area contributed by atoms with Crippen LogP contribution in [-0.4, -0.2) is 34.7 Å². The van der Waals surface area contributed by atoms with Gasteiger partial charge < -0.3 is 15.8 Å². The number of nitrogens with one attached hydrogen (secondary N) is 1. The summed E-state index contributed by atoms with van der Waals surface area (Å²) in [6.07, 6.45) is -3.17. The second-order valence-electron chi connectivity index (χ2n) is 6.55. The van der Waals surface area contributed by atoms with Gasteiger partial charge >= 0.3 is 12.1 Å². The van der Waals surface area contributed by atoms with Crippen molar-refractivity contribution in [1.82, 2.24) is 9.78 Å². The van der Waals surface area contributed by atoms with Gasteiger partial charge in [0.1, 0.15) is 11.5 Å². The van der Waals surface area contributed by atoms with E-state index in [1.165, 1.54) is 6.92 Å². The molecule has 2 aromatic heterocycles. The summed E-state index contributed by atoms with van der Waals surface area (Å²) in [6, 6.07) is 0.950. The fraction of sp³-hybridized carbons (Fsp3) is 0.412. The summed E-state index contributed by atoms with van der Waals surface area (Å²) >= 11 is 0.792. The number of amides is 2. The number of anilines is 1. The Morgan fingerprint density at radius 1 is 1.38 bits per heavy atom. The van der Waals surface area contributed by atoms with Gasteiger partial charge in [0, 0.05) is 11.6 Å². The molecule has 1 saturated carbocycles. The maximum absolute atomic E-state index is 13.0. The summed E-state index contributed by atoms with van der Waals surface area (Å²) in [5, 5.41) is 6.00. The van der Waals surface area contributed by atoms with E-state index in [-0.39, 0.29) is 26.9 Å². The molecule has 0 aromatic carbocycles. The van der Waals surface area contributed by atoms with Gasteiger partial charge in [-0.1, -0.05) is 0 Å². The largest absolute Gasteiger partial charge is 0.465 e. The number of ether oxygens (including phenoxy) is 1. The summed E-state index contributed by atoms with van der Waals surface area (Å²) in [4.78, 5) is 36.1. The van der Waals surface area contributed by atoms with Gasteiger partial charge in [0.25, 0.3) is 5.91 Å². The number of carbonyl (C=O) groups is 3. The maximum atomic E-state index is 13.0. The van der Waals surface area contributed by atoms with Gasteiger partial charge in [-0.3, -0.25) is 14.3 Å². The normalized spacial score (nSPS) is 14.0. The summed E-state index contributed by atoms with van der Waals surface area (Å²) in [5.41, 5.74) is 4.77. The van der Waals surface area contributed by atoms with Crippen LogP contribution < -0.4 is 11.1 Å². The molecular weight excluding hydrogens is 413 g/mol. The van der Waals surface area contributed by atoms with E-state index in [9.17, 15) is 27.6 Å². The molecule has 0 spiro atoms. The van der Waals surface area contributed by atoms with Gasteiger partial charge in [0.2, 0.25) is 5.91 Å². The highest BCUT2D eigenvalue weighted by atomic mass is 32.1. The number of halogens is 3. The zero-order chi connectivity index (χ0) is 21.5. The van der Waals surface area contributed by atoms with Crippen molar-refractivity contribution in [3.8, 4) is 0 Å². The third-order valence-corrected chi connectivity index (χ3v) is 5.63. The molecule has 29 heavy (non-hydrogen) atoms. The number of methoxy groups -OCH3 is 1. The molecule has 0 unspecified atom stereocenters. The van der Waals surface area contributed by atoms with Crippen molar-refractivity contribution in [2.75, 3.05) is 12.4 Å². The molecule has 1 fully saturated rings. The lowest BCUT2D eigenvalue weighted by Gasteiger charge is -2.08. The zero-order valence-corrected chi connectivity index (χ0v) is 16.2. The van der Waals surface area contributed by atoms with E-state index in [4.69, 9.17) is 5.73 Å². The van der Waals surface area contributed by atoms with Gasteiger partial charge in [0.15, 0.2) is 5.69 Å². The second kappa shape index (κ2) is 7.50. The van der Waals surface area contributed by atoms with Crippen LogP contribution in [0.1, 0.15) is 55.7 Å². The van der Waals surface area contributed by atoms with Crippen LogP contribution in [0.5, 0.6) is 0 Å². The zero-order valence-electron chi connectivity index (χ0n) is 15.4. The highest BCUT2D eigenvalue weighted by Crippen LogP contribution is 2.42. The van der Waals surface area contributed by atoms with Crippen molar-refractivity contribution in [3.05, 3.63) is 33.5 Å². The van der Waals surface area contributed by atoms with Gasteiger partial charge in [-0.2, -0.15) is 18.3 Å². The van der Waals surface area contributed by atoms with Gasteiger partial charge in [-0.25, -0.2) is 4.79 Å². The summed E-state index contributed by atoms with van der Waals surface area (Å²) in [7, 11) is 1.14. The average molecular weight is 430 g/mol. The monoisotopic (exact) mass is 430 g/mol. The molecule has 2 heterocycles. The molecule has 1 aliphatic carbocycles. The molecule has 3 N–H and O–H groups in total. The van der Waals surface area contributed by atoms with Crippen LogP contribution in [0.15, 0.2) is 6.07 Å². The average Bonchev–Trinajstić information content (AvgIpc) is 3.29. The van der Waals surface area contributed by atoms with Crippen molar-refractivity contribution in [1.29, 1.82) is 0 Å². The molecular formula is C17H17F3N4O4S. The number of nitrogens with zero attached hydrogens (tertiary/aromatic N) is 2. The van der Waals surface area contributed by atoms with E-state index in [0.29, 0.717) is 5.69 Å². The summed E-state index contributed by atoms with van der Waals surface area (Å²) in [6.45, 7) is 0.998. The third-order valence-electron chi connectivity index (χ3n) is 4.40. The first-order chi connectivity index (χ1) is 13.5. The van der Waals surface area contributed by atoms with E-state index in [1.807, 2.05) is 0 Å². The number of nitrogens with two attached hydrogens (primary N) is 1. The Morgan fingerprint density at radius 3 is 2.55 bits per heavy atom. The summed E-state index contributed by atoms with van der Waals surface area (Å²) in [5.74, 6) is -2.33. The Kier molecular flexibility index (Phi) is 5.39. The van der Waals surface area contributed by atoms with E-state index < -0.39 is 36.2 Å². The Balaban J connectivity index is 1.87. The molecule has 2 aromatic rings. The molecule has 156 valence electrons. The molecule has 1 aliphatic rings. The molecule has 3 rings (SSSR count). The van der Waals surface area contributed by atoms with Crippen LogP contribution in [0.25, 0.3) is 0 Å². The lowest BCUT2D eigenvalue weighted by molar-refractivity contribution is -0.141. The van der Waals surface area contributed by atoms with E-state index in [0.717, 1.165) is 42.0 Å². The van der Waals surface area contributed by atoms with Crippen LogP contribution in [0.2, 0.25) is 0 Å². The molecule has 0 radical (unpaired) electrons. The van der Waals surface area contributed by atoms with Gasteiger partial charge in [-0.15, -0.1) is 11.3 Å². The number of aromatic nitrogens is 2. The van der Waals surface area contributed by atoms with Crippen molar-refractivity contribution < 1.29 is 32.3 Å². The quantitative estimate of drug-likeness (QED) is 0.684. The Morgan fingerprint density at radius 2 is 2.03 bits per heavy atom. The maximum Gasteiger partial charge on any atom is 0.435 e. The minimum atomic E-state index is -4.62. The van der Waals surface area contributed by atoms with Crippen LogP contribution in [0.4, 0.5) is 18.2 Å². The van der Waals surface area contributed by atoms with Gasteiger partial charge in [-0.05, 0) is 31.4 Å². The number of alkyl halides is 3. The van der Waals surface area contributed by atoms with Crippen LogP contribution in [0, 0.1) is 6.92 Å². The standard InChI is InChI=1S/C17H17F3N4O4S/c1-7-12(16(27)28-2)15(29-13(7)14(21)26)22-11(25)6-24-9(8-3-4-8)5-10(23-24)17(18,19)20/h5,8H,3-4,6H2,1-2H3,(H2,21,26)(H,22,25). The van der Waals surface area contributed by atoms with Gasteiger partial charge in [0.05, 0.1) is 17.6 Å². The van der Waals surface area contributed by atoms with E-state index in [1.54, 1.807) is 0 Å². The first kappa shape index (κ1) is 20.8. The van der Waals surface area contributed by atoms with Crippen molar-refractivity contribution >= 4 is 34.1 Å². The van der Waals surface area contributed by atoms with E-state index in [2.05, 4.69) is 15.2 Å². The van der Waals surface area contributed by atoms with Crippen molar-refractivity contribution in [3.63, 3.8) is 0 Å². The molecule has 0 atom stereocenters. The fourth-order valence-electron chi connectivity index (χ4n) is 2.89. The lowest BCUT2D eigenvalue weighted by Crippen LogP contribution is -2.22. The molecule has 0 saturated heterocycles. The minimum absolute atomic E-state index is 0.0292.